The number of thioether (sulfide) groups is 1. The number of rotatable bonds is 5. The van der Waals surface area contributed by atoms with Gasteiger partial charge in [0.1, 0.15) is 4.87 Å². The van der Waals surface area contributed by atoms with Crippen LogP contribution in [0.5, 0.6) is 0 Å². The Kier molecular flexibility index (Phi) is 9.70. The summed E-state index contributed by atoms with van der Waals surface area (Å²) in [6, 6.07) is 14.1. The van der Waals surface area contributed by atoms with Crippen LogP contribution in [0.1, 0.15) is 19.0 Å². The summed E-state index contributed by atoms with van der Waals surface area (Å²) in [5.41, 5.74) is 3.06. The van der Waals surface area contributed by atoms with Crippen molar-refractivity contribution in [3.8, 4) is 0 Å². The molecule has 2 aromatic heterocycles. The number of H-pyrrole nitrogens is 1. The number of aromatic nitrogens is 3. The number of pyridine rings is 1. The highest BCUT2D eigenvalue weighted by Crippen LogP contribution is 2.39. The van der Waals surface area contributed by atoms with E-state index in [1.807, 2.05) is 49.6 Å². The molecule has 0 fully saturated rings. The van der Waals surface area contributed by atoms with Crippen LogP contribution in [0.15, 0.2) is 53.8 Å². The minimum absolute atomic E-state index is 0. The van der Waals surface area contributed by atoms with Gasteiger partial charge in [-0.05, 0) is 37.7 Å². The Morgan fingerprint density at radius 3 is 2.38 bits per heavy atom. The Balaban J connectivity index is 0.00000176. The maximum Gasteiger partial charge on any atom is 0.168 e. The van der Waals surface area contributed by atoms with Crippen molar-refractivity contribution in [3.63, 3.8) is 0 Å². The molecule has 0 amide bonds. The van der Waals surface area contributed by atoms with Crippen molar-refractivity contribution >= 4 is 60.0 Å². The monoisotopic (exact) mass is 406 g/mol. The molecule has 1 aromatic carbocycles. The number of nitrogens with zero attached hydrogens (tertiary/aromatic N) is 2. The molecule has 3 rings (SSSR count). The first-order chi connectivity index (χ1) is 10.3. The van der Waals surface area contributed by atoms with Gasteiger partial charge in [0.2, 0.25) is 0 Å². The molecular weight excluding hydrogens is 387 g/mol. The number of para-hydroxylation sites is 2. The van der Waals surface area contributed by atoms with Gasteiger partial charge < -0.3 is 10.3 Å². The normalized spacial score (nSPS) is 12.4. The third-order valence-electron chi connectivity index (χ3n) is 3.62. The molecule has 1 atom stereocenters. The predicted octanol–water partition coefficient (Wildman–Crippen LogP) is 4.80. The van der Waals surface area contributed by atoms with E-state index in [-0.39, 0.29) is 42.1 Å². The second-order valence-corrected chi connectivity index (χ2v) is 6.09. The van der Waals surface area contributed by atoms with E-state index in [9.17, 15) is 0 Å². The zero-order valence-corrected chi connectivity index (χ0v) is 16.6. The van der Waals surface area contributed by atoms with Gasteiger partial charge in [0, 0.05) is 6.20 Å². The molecule has 2 N–H and O–H groups in total. The van der Waals surface area contributed by atoms with Crippen molar-refractivity contribution in [3.05, 3.63) is 54.4 Å². The van der Waals surface area contributed by atoms with Crippen LogP contribution in [0.25, 0.3) is 11.0 Å². The van der Waals surface area contributed by atoms with Crippen molar-refractivity contribution in [1.82, 2.24) is 20.3 Å². The summed E-state index contributed by atoms with van der Waals surface area (Å²) in [6.07, 6.45) is 2.73. The third-order valence-corrected chi connectivity index (χ3v) is 5.06. The molecule has 0 spiro atoms. The number of nitrogens with one attached hydrogen (secondary N) is 2. The molecule has 0 aliphatic carbocycles. The SMILES string of the molecule is CCC(NC)(Sc1nc2ccccc2[nH]1)c1ccccn1.Cl.Cl.Cl. The summed E-state index contributed by atoms with van der Waals surface area (Å²) >= 11 is 1.67. The Labute approximate surface area is 164 Å². The van der Waals surface area contributed by atoms with Gasteiger partial charge in [-0.3, -0.25) is 4.98 Å². The first-order valence-corrected chi connectivity index (χ1v) is 7.83. The Morgan fingerprint density at radius 1 is 1.08 bits per heavy atom. The van der Waals surface area contributed by atoms with Gasteiger partial charge in [-0.15, -0.1) is 37.2 Å². The Morgan fingerprint density at radius 2 is 1.79 bits per heavy atom. The van der Waals surface area contributed by atoms with E-state index in [4.69, 9.17) is 0 Å². The van der Waals surface area contributed by atoms with E-state index in [2.05, 4.69) is 33.3 Å². The number of halogens is 3. The summed E-state index contributed by atoms with van der Waals surface area (Å²) < 4.78 is 0. The highest BCUT2D eigenvalue weighted by atomic mass is 35.5. The van der Waals surface area contributed by atoms with Gasteiger partial charge in [0.15, 0.2) is 5.16 Å². The van der Waals surface area contributed by atoms with Crippen LogP contribution in [-0.2, 0) is 4.87 Å². The highest BCUT2D eigenvalue weighted by Gasteiger charge is 2.32. The molecule has 0 saturated carbocycles. The van der Waals surface area contributed by atoms with Crippen LogP contribution in [-0.4, -0.2) is 22.0 Å². The summed E-state index contributed by atoms with van der Waals surface area (Å²) in [6.45, 7) is 2.15. The first kappa shape index (κ1) is 23.0. The van der Waals surface area contributed by atoms with Crippen molar-refractivity contribution in [1.29, 1.82) is 0 Å². The van der Waals surface area contributed by atoms with Crippen molar-refractivity contribution < 1.29 is 0 Å². The fraction of sp³-hybridized carbons (Fsp3) is 0.250. The van der Waals surface area contributed by atoms with Crippen LogP contribution < -0.4 is 5.32 Å². The lowest BCUT2D eigenvalue weighted by atomic mass is 10.1. The van der Waals surface area contributed by atoms with Crippen LogP contribution in [0.4, 0.5) is 0 Å². The Hall–Kier alpha value is -0.980. The van der Waals surface area contributed by atoms with Gasteiger partial charge in [-0.25, -0.2) is 4.98 Å². The molecule has 0 bridgehead atoms. The second-order valence-electron chi connectivity index (χ2n) is 4.81. The molecule has 0 saturated heterocycles. The van der Waals surface area contributed by atoms with Crippen molar-refractivity contribution in [2.75, 3.05) is 7.05 Å². The molecule has 0 aliphatic heterocycles. The molecule has 0 radical (unpaired) electrons. The molecule has 3 aromatic rings. The van der Waals surface area contributed by atoms with Crippen molar-refractivity contribution in [2.45, 2.75) is 23.4 Å². The molecule has 0 aliphatic rings. The van der Waals surface area contributed by atoms with Gasteiger partial charge in [0.25, 0.3) is 0 Å². The fourth-order valence-corrected chi connectivity index (χ4v) is 3.51. The predicted molar refractivity (Wildman–Crippen MR) is 109 cm³/mol. The third kappa shape index (κ3) is 4.55. The molecule has 132 valence electrons. The van der Waals surface area contributed by atoms with Gasteiger partial charge in [0.05, 0.1) is 16.7 Å². The molecule has 2 heterocycles. The summed E-state index contributed by atoms with van der Waals surface area (Å²) in [5.74, 6) is 0. The fourth-order valence-electron chi connectivity index (χ4n) is 2.41. The topological polar surface area (TPSA) is 53.6 Å². The molecule has 1 unspecified atom stereocenters. The lowest BCUT2D eigenvalue weighted by Gasteiger charge is -2.30. The average Bonchev–Trinajstić information content (AvgIpc) is 2.96. The summed E-state index contributed by atoms with van der Waals surface area (Å²) in [5, 5.41) is 4.32. The second kappa shape index (κ2) is 10.1. The minimum atomic E-state index is -0.283. The number of hydrogen-bond donors (Lipinski definition) is 2. The number of hydrogen-bond acceptors (Lipinski definition) is 4. The van der Waals surface area contributed by atoms with Crippen molar-refractivity contribution in [2.24, 2.45) is 0 Å². The molecule has 8 heteroatoms. The number of imidazole rings is 1. The number of aromatic amines is 1. The van der Waals surface area contributed by atoms with E-state index >= 15 is 0 Å². The number of fused-ring (bicyclic) bond motifs is 1. The van der Waals surface area contributed by atoms with Gasteiger partial charge in [-0.1, -0.05) is 36.9 Å². The summed E-state index contributed by atoms with van der Waals surface area (Å²) in [4.78, 5) is 12.3. The molecule has 24 heavy (non-hydrogen) atoms. The van der Waals surface area contributed by atoms with Crippen LogP contribution in [0, 0.1) is 0 Å². The molecular formula is C16H21Cl3N4S. The largest absolute Gasteiger partial charge is 0.333 e. The van der Waals surface area contributed by atoms with E-state index in [1.54, 1.807) is 11.8 Å². The van der Waals surface area contributed by atoms with E-state index in [0.717, 1.165) is 28.3 Å². The maximum absolute atomic E-state index is 4.66. The van der Waals surface area contributed by atoms with Gasteiger partial charge >= 0.3 is 0 Å². The quantitative estimate of drug-likeness (QED) is 0.471. The lowest BCUT2D eigenvalue weighted by molar-refractivity contribution is 0.502. The van der Waals surface area contributed by atoms with Crippen LogP contribution in [0.3, 0.4) is 0 Å². The minimum Gasteiger partial charge on any atom is -0.333 e. The van der Waals surface area contributed by atoms with E-state index in [0.29, 0.717) is 0 Å². The summed E-state index contributed by atoms with van der Waals surface area (Å²) in [7, 11) is 1.97. The molecule has 4 nitrogen and oxygen atoms in total. The number of benzene rings is 1. The Bertz CT molecular complexity index is 699. The van der Waals surface area contributed by atoms with Crippen LogP contribution >= 0.6 is 49.0 Å². The smallest absolute Gasteiger partial charge is 0.168 e. The average molecular weight is 408 g/mol. The van der Waals surface area contributed by atoms with Crippen LogP contribution in [0.2, 0.25) is 0 Å². The highest BCUT2D eigenvalue weighted by molar-refractivity contribution is 8.00. The van der Waals surface area contributed by atoms with E-state index in [1.165, 1.54) is 0 Å². The zero-order chi connectivity index (χ0) is 14.7. The first-order valence-electron chi connectivity index (χ1n) is 7.01. The maximum atomic E-state index is 4.66. The lowest BCUT2D eigenvalue weighted by Crippen LogP contribution is -2.36. The van der Waals surface area contributed by atoms with Gasteiger partial charge in [-0.2, -0.15) is 0 Å². The standard InChI is InChI=1S/C16H18N4S.3ClH/c1-3-16(17-2,14-10-6-7-11-18-14)21-15-19-12-8-4-5-9-13(12)20-15;;;/h4-11,17H,3H2,1-2H3,(H,19,20);3*1H. The zero-order valence-electron chi connectivity index (χ0n) is 13.4. The van der Waals surface area contributed by atoms with E-state index < -0.39 is 0 Å².